The van der Waals surface area contributed by atoms with Gasteiger partial charge in [-0.05, 0) is 37.1 Å². The van der Waals surface area contributed by atoms with Gasteiger partial charge in [-0.3, -0.25) is 14.5 Å². The van der Waals surface area contributed by atoms with Crippen LogP contribution in [0.1, 0.15) is 31.2 Å². The zero-order chi connectivity index (χ0) is 19.3. The largest absolute Gasteiger partial charge is 0.384 e. The van der Waals surface area contributed by atoms with E-state index in [1.807, 2.05) is 0 Å². The number of sulfonamides is 1. The molecule has 8 nitrogen and oxygen atoms in total. The molecule has 1 aromatic carbocycles. The zero-order valence-electron chi connectivity index (χ0n) is 14.7. The number of pyridine rings is 1. The first-order valence-electron chi connectivity index (χ1n) is 8.64. The SMILES string of the molecule is Nc1ccc(NC(=O)CCCCCN=C2NS(=O)(=O)c3ccccc32)cn1. The molecule has 0 bridgehead atoms. The predicted molar refractivity (Wildman–Crippen MR) is 104 cm³/mol. The molecule has 27 heavy (non-hydrogen) atoms. The van der Waals surface area contributed by atoms with Crippen molar-refractivity contribution in [3.8, 4) is 0 Å². The number of hydrogen-bond donors (Lipinski definition) is 3. The first-order valence-corrected chi connectivity index (χ1v) is 10.1. The van der Waals surface area contributed by atoms with Gasteiger partial charge >= 0.3 is 0 Å². The number of amides is 1. The van der Waals surface area contributed by atoms with Gasteiger partial charge in [0.05, 0.1) is 16.8 Å². The van der Waals surface area contributed by atoms with Gasteiger partial charge < -0.3 is 11.1 Å². The maximum absolute atomic E-state index is 12.0. The van der Waals surface area contributed by atoms with E-state index in [9.17, 15) is 13.2 Å². The van der Waals surface area contributed by atoms with Crippen LogP contribution in [0.2, 0.25) is 0 Å². The normalized spacial score (nSPS) is 15.9. The van der Waals surface area contributed by atoms with Crippen LogP contribution >= 0.6 is 0 Å². The van der Waals surface area contributed by atoms with Gasteiger partial charge in [0.2, 0.25) is 5.91 Å². The van der Waals surface area contributed by atoms with Gasteiger partial charge in [-0.15, -0.1) is 0 Å². The predicted octanol–water partition coefficient (Wildman–Crippen LogP) is 1.90. The van der Waals surface area contributed by atoms with Gasteiger partial charge in [0, 0.05) is 18.5 Å². The smallest absolute Gasteiger partial charge is 0.263 e. The number of hydrogen-bond acceptors (Lipinski definition) is 6. The molecule has 0 saturated carbocycles. The van der Waals surface area contributed by atoms with Crippen molar-refractivity contribution in [1.29, 1.82) is 0 Å². The van der Waals surface area contributed by atoms with Crippen LogP contribution in [0.4, 0.5) is 11.5 Å². The number of nitrogens with two attached hydrogens (primary N) is 1. The number of anilines is 2. The van der Waals surface area contributed by atoms with Crippen molar-refractivity contribution in [2.75, 3.05) is 17.6 Å². The van der Waals surface area contributed by atoms with Gasteiger partial charge in [-0.2, -0.15) is 0 Å². The molecular weight excluding hydrogens is 366 g/mol. The third-order valence-electron chi connectivity index (χ3n) is 4.06. The number of rotatable bonds is 7. The Morgan fingerprint density at radius 3 is 2.74 bits per heavy atom. The highest BCUT2D eigenvalue weighted by atomic mass is 32.2. The average Bonchev–Trinajstić information content (AvgIpc) is 2.91. The second-order valence-corrected chi connectivity index (χ2v) is 7.81. The number of amidine groups is 1. The lowest BCUT2D eigenvalue weighted by molar-refractivity contribution is -0.116. The van der Waals surface area contributed by atoms with Crippen LogP contribution in [-0.2, 0) is 14.8 Å². The molecule has 1 aromatic heterocycles. The molecule has 0 saturated heterocycles. The number of carbonyl (C=O) groups is 1. The lowest BCUT2D eigenvalue weighted by Crippen LogP contribution is -2.22. The van der Waals surface area contributed by atoms with Crippen molar-refractivity contribution in [3.63, 3.8) is 0 Å². The molecule has 1 aliphatic rings. The van der Waals surface area contributed by atoms with Crippen LogP contribution < -0.4 is 15.8 Å². The Kier molecular flexibility index (Phi) is 5.70. The minimum Gasteiger partial charge on any atom is -0.384 e. The number of benzene rings is 1. The first kappa shape index (κ1) is 18.8. The molecule has 0 unspecified atom stereocenters. The molecule has 9 heteroatoms. The van der Waals surface area contributed by atoms with Crippen molar-refractivity contribution in [1.82, 2.24) is 9.71 Å². The monoisotopic (exact) mass is 387 g/mol. The topological polar surface area (TPSA) is 127 Å². The summed E-state index contributed by atoms with van der Waals surface area (Å²) in [6.45, 7) is 0.496. The highest BCUT2D eigenvalue weighted by Gasteiger charge is 2.29. The highest BCUT2D eigenvalue weighted by Crippen LogP contribution is 2.22. The summed E-state index contributed by atoms with van der Waals surface area (Å²) < 4.78 is 26.5. The molecule has 142 valence electrons. The van der Waals surface area contributed by atoms with Gasteiger partial charge in [-0.1, -0.05) is 18.6 Å². The molecule has 2 aromatic rings. The molecule has 2 heterocycles. The maximum Gasteiger partial charge on any atom is 0.263 e. The van der Waals surface area contributed by atoms with Crippen LogP contribution in [-0.4, -0.2) is 31.7 Å². The number of nitrogen functional groups attached to an aromatic ring is 1. The summed E-state index contributed by atoms with van der Waals surface area (Å²) in [7, 11) is -3.49. The Morgan fingerprint density at radius 2 is 1.96 bits per heavy atom. The number of carbonyl (C=O) groups excluding carboxylic acids is 1. The quantitative estimate of drug-likeness (QED) is 0.626. The van der Waals surface area contributed by atoms with E-state index in [1.165, 1.54) is 6.20 Å². The van der Waals surface area contributed by atoms with Crippen molar-refractivity contribution in [2.45, 2.75) is 30.6 Å². The molecule has 3 rings (SSSR count). The standard InChI is InChI=1S/C18H21N5O3S/c19-16-10-9-13(12-21-16)22-17(24)8-2-1-5-11-20-18-14-6-3-4-7-15(14)27(25,26)23-18/h3-4,6-7,9-10,12H,1-2,5,8,11H2,(H2,19,21)(H,20,23)(H,22,24). The van der Waals surface area contributed by atoms with Crippen LogP contribution in [0.15, 0.2) is 52.5 Å². The summed E-state index contributed by atoms with van der Waals surface area (Å²) in [5.74, 6) is 0.714. The number of aliphatic imine (C=N–C) groups is 1. The van der Waals surface area contributed by atoms with E-state index in [4.69, 9.17) is 5.73 Å². The summed E-state index contributed by atoms with van der Waals surface area (Å²) in [5.41, 5.74) is 6.72. The Bertz CT molecular complexity index is 955. The highest BCUT2D eigenvalue weighted by molar-refractivity contribution is 7.90. The van der Waals surface area contributed by atoms with Gasteiger partial charge in [-0.25, -0.2) is 13.4 Å². The maximum atomic E-state index is 12.0. The Balaban J connectivity index is 1.40. The Morgan fingerprint density at radius 1 is 1.15 bits per heavy atom. The van der Waals surface area contributed by atoms with Crippen LogP contribution in [0.25, 0.3) is 0 Å². The third kappa shape index (κ3) is 4.82. The number of nitrogens with zero attached hydrogens (tertiary/aromatic N) is 2. The van der Waals surface area contributed by atoms with Crippen molar-refractivity contribution >= 4 is 33.3 Å². The van der Waals surface area contributed by atoms with E-state index in [0.29, 0.717) is 35.9 Å². The van der Waals surface area contributed by atoms with Gasteiger partial charge in [0.1, 0.15) is 11.7 Å². The minimum atomic E-state index is -3.49. The van der Waals surface area contributed by atoms with Crippen LogP contribution in [0.3, 0.4) is 0 Å². The lowest BCUT2D eigenvalue weighted by Gasteiger charge is -2.05. The van der Waals surface area contributed by atoms with E-state index >= 15 is 0 Å². The summed E-state index contributed by atoms with van der Waals surface area (Å²) in [5, 5.41) is 2.76. The number of unbranched alkanes of at least 4 members (excludes halogenated alkanes) is 2. The molecule has 0 radical (unpaired) electrons. The summed E-state index contributed by atoms with van der Waals surface area (Å²) in [4.78, 5) is 20.4. The van der Waals surface area contributed by atoms with E-state index in [2.05, 4.69) is 20.0 Å². The van der Waals surface area contributed by atoms with Gasteiger partial charge in [0.25, 0.3) is 10.0 Å². The molecule has 0 aliphatic carbocycles. The van der Waals surface area contributed by atoms with Crippen LogP contribution in [0, 0.1) is 0 Å². The molecule has 0 fully saturated rings. The van der Waals surface area contributed by atoms with Crippen molar-refractivity contribution < 1.29 is 13.2 Å². The Hall–Kier alpha value is -2.94. The number of fused-ring (bicyclic) bond motifs is 1. The second-order valence-electron chi connectivity index (χ2n) is 6.16. The molecular formula is C18H21N5O3S. The van der Waals surface area contributed by atoms with Gasteiger partial charge in [0.15, 0.2) is 0 Å². The summed E-state index contributed by atoms with van der Waals surface area (Å²) >= 11 is 0. The molecule has 0 atom stereocenters. The first-order chi connectivity index (χ1) is 13.0. The third-order valence-corrected chi connectivity index (χ3v) is 5.46. The average molecular weight is 387 g/mol. The van der Waals surface area contributed by atoms with E-state index < -0.39 is 10.0 Å². The molecule has 0 spiro atoms. The second kappa shape index (κ2) is 8.17. The lowest BCUT2D eigenvalue weighted by atomic mass is 10.2. The van der Waals surface area contributed by atoms with Crippen molar-refractivity contribution in [3.05, 3.63) is 48.2 Å². The summed E-state index contributed by atoms with van der Waals surface area (Å²) in [6.07, 6.45) is 4.23. The van der Waals surface area contributed by atoms with E-state index in [0.717, 1.165) is 19.3 Å². The van der Waals surface area contributed by atoms with E-state index in [-0.39, 0.29) is 10.8 Å². The number of aromatic nitrogens is 1. The molecule has 1 amide bonds. The molecule has 4 N–H and O–H groups in total. The Labute approximate surface area is 158 Å². The fraction of sp³-hybridized carbons (Fsp3) is 0.278. The van der Waals surface area contributed by atoms with Crippen LogP contribution in [0.5, 0.6) is 0 Å². The fourth-order valence-electron chi connectivity index (χ4n) is 2.72. The minimum absolute atomic E-state index is 0.0784. The van der Waals surface area contributed by atoms with Crippen molar-refractivity contribution in [2.24, 2.45) is 4.99 Å². The number of nitrogens with one attached hydrogen (secondary N) is 2. The summed E-state index contributed by atoms with van der Waals surface area (Å²) in [6, 6.07) is 10.1. The van der Waals surface area contributed by atoms with E-state index in [1.54, 1.807) is 36.4 Å². The zero-order valence-corrected chi connectivity index (χ0v) is 15.5. The molecule has 1 aliphatic heterocycles. The fourth-order valence-corrected chi connectivity index (χ4v) is 3.97.